The first-order valence-electron chi connectivity index (χ1n) is 5.84. The summed E-state index contributed by atoms with van der Waals surface area (Å²) < 4.78 is 0. The second-order valence-electron chi connectivity index (χ2n) is 5.04. The van der Waals surface area contributed by atoms with E-state index in [0.717, 1.165) is 0 Å². The summed E-state index contributed by atoms with van der Waals surface area (Å²) in [7, 11) is 0. The summed E-state index contributed by atoms with van der Waals surface area (Å²) in [6.45, 7) is 3.48. The zero-order valence-electron chi connectivity index (χ0n) is 10.0. The summed E-state index contributed by atoms with van der Waals surface area (Å²) in [5.74, 6) is -2.79. The van der Waals surface area contributed by atoms with Crippen LogP contribution in [-0.4, -0.2) is 33.2 Å². The molecule has 0 aromatic heterocycles. The second kappa shape index (κ2) is 4.37. The topological polar surface area (TPSA) is 46.6 Å². The van der Waals surface area contributed by atoms with E-state index in [1.54, 1.807) is 0 Å². The molecule has 2 aliphatic carbocycles. The van der Waals surface area contributed by atoms with Gasteiger partial charge in [-0.25, -0.2) is 0 Å². The predicted octanol–water partition coefficient (Wildman–Crippen LogP) is 2.77. The maximum atomic E-state index is 12.4. The molecule has 1 saturated carbocycles. The van der Waals surface area contributed by atoms with Gasteiger partial charge < -0.3 is 0 Å². The van der Waals surface area contributed by atoms with Crippen molar-refractivity contribution in [2.75, 3.05) is 6.61 Å². The molecule has 0 radical (unpaired) electrons. The van der Waals surface area contributed by atoms with Gasteiger partial charge in [0, 0.05) is 0 Å². The van der Waals surface area contributed by atoms with Crippen LogP contribution in [0.15, 0.2) is 22.7 Å². The fourth-order valence-corrected chi connectivity index (χ4v) is 5.13. The van der Waals surface area contributed by atoms with Crippen LogP contribution in [0.4, 0.5) is 0 Å². The van der Waals surface area contributed by atoms with Gasteiger partial charge in [0.15, 0.2) is 0 Å². The molecule has 2 fully saturated rings. The predicted molar refractivity (Wildman–Crippen MR) is 75.5 cm³/mol. The SMILES string of the molecule is C=CCON1C(=O)[C@@H]2[C@H](C1=O)[C@]1(Cl)C[C@]2(Cl)C(Cl)=C1Cl. The largest absolute Gasteiger partial charge is 0.272 e. The molecule has 0 aromatic rings. The molecule has 3 rings (SSSR count). The minimum absolute atomic E-state index is 0.0242. The van der Waals surface area contributed by atoms with Crippen LogP contribution in [0.5, 0.6) is 0 Å². The van der Waals surface area contributed by atoms with Crippen molar-refractivity contribution >= 4 is 58.2 Å². The average molecular weight is 357 g/mol. The molecule has 108 valence electrons. The Morgan fingerprint density at radius 2 is 1.65 bits per heavy atom. The number of imide groups is 1. The van der Waals surface area contributed by atoms with Crippen LogP contribution in [0.1, 0.15) is 6.42 Å². The lowest BCUT2D eigenvalue weighted by atomic mass is 9.84. The summed E-state index contributed by atoms with van der Waals surface area (Å²) in [6, 6.07) is 0. The number of amides is 2. The third-order valence-corrected chi connectivity index (χ3v) is 6.47. The Hall–Kier alpha value is -0.260. The molecule has 1 heterocycles. The lowest BCUT2D eigenvalue weighted by molar-refractivity contribution is -0.186. The number of rotatable bonds is 3. The second-order valence-corrected chi connectivity index (χ2v) is 7.15. The molecular weight excluding hydrogens is 348 g/mol. The minimum atomic E-state index is -1.23. The maximum absolute atomic E-state index is 12.4. The van der Waals surface area contributed by atoms with Gasteiger partial charge in [-0.2, -0.15) is 5.06 Å². The highest BCUT2D eigenvalue weighted by Gasteiger charge is 2.76. The first-order valence-corrected chi connectivity index (χ1v) is 7.36. The van der Waals surface area contributed by atoms with Crippen molar-refractivity contribution in [1.29, 1.82) is 0 Å². The Bertz CT molecular complexity index is 535. The van der Waals surface area contributed by atoms with Crippen molar-refractivity contribution in [2.45, 2.75) is 16.2 Å². The van der Waals surface area contributed by atoms with Crippen LogP contribution in [-0.2, 0) is 14.4 Å². The first kappa shape index (κ1) is 14.7. The lowest BCUT2D eigenvalue weighted by Gasteiger charge is -2.28. The van der Waals surface area contributed by atoms with Gasteiger partial charge in [0.25, 0.3) is 11.8 Å². The summed E-state index contributed by atoms with van der Waals surface area (Å²) in [5.41, 5.74) is 0. The van der Waals surface area contributed by atoms with Gasteiger partial charge >= 0.3 is 0 Å². The van der Waals surface area contributed by atoms with Crippen LogP contribution < -0.4 is 0 Å². The number of alkyl halides is 2. The Labute approximate surface area is 135 Å². The first-order chi connectivity index (χ1) is 9.29. The molecule has 3 aliphatic rings. The number of hydroxylamine groups is 2. The Morgan fingerprint density at radius 1 is 1.20 bits per heavy atom. The highest BCUT2D eigenvalue weighted by Crippen LogP contribution is 2.69. The fraction of sp³-hybridized carbons (Fsp3) is 0.500. The molecule has 0 N–H and O–H groups in total. The van der Waals surface area contributed by atoms with Crippen LogP contribution >= 0.6 is 46.4 Å². The van der Waals surface area contributed by atoms with Gasteiger partial charge in [-0.05, 0) is 6.42 Å². The average Bonchev–Trinajstić information content (AvgIpc) is 2.86. The van der Waals surface area contributed by atoms with Gasteiger partial charge in [-0.1, -0.05) is 29.3 Å². The summed E-state index contributed by atoms with van der Waals surface area (Å²) in [6.07, 6.45) is 1.58. The van der Waals surface area contributed by atoms with Crippen molar-refractivity contribution < 1.29 is 14.4 Å². The number of hydrogen-bond donors (Lipinski definition) is 0. The Kier molecular flexibility index (Phi) is 3.20. The number of fused-ring (bicyclic) bond motifs is 5. The minimum Gasteiger partial charge on any atom is -0.272 e. The van der Waals surface area contributed by atoms with Gasteiger partial charge in [-0.15, -0.1) is 29.8 Å². The van der Waals surface area contributed by atoms with Gasteiger partial charge in [0.1, 0.15) is 0 Å². The van der Waals surface area contributed by atoms with Crippen molar-refractivity contribution in [3.63, 3.8) is 0 Å². The van der Waals surface area contributed by atoms with Crippen molar-refractivity contribution in [3.05, 3.63) is 22.7 Å². The Morgan fingerprint density at radius 3 is 2.05 bits per heavy atom. The lowest BCUT2D eigenvalue weighted by Crippen LogP contribution is -2.38. The number of hydrogen-bond acceptors (Lipinski definition) is 3. The maximum Gasteiger partial charge on any atom is 0.259 e. The molecule has 0 unspecified atom stereocenters. The monoisotopic (exact) mass is 355 g/mol. The third kappa shape index (κ3) is 1.49. The van der Waals surface area contributed by atoms with E-state index >= 15 is 0 Å². The number of carbonyl (C=O) groups excluding carboxylic acids is 2. The van der Waals surface area contributed by atoms with Gasteiger partial charge in [0.2, 0.25) is 0 Å². The van der Waals surface area contributed by atoms with E-state index in [1.807, 2.05) is 0 Å². The van der Waals surface area contributed by atoms with Crippen LogP contribution in [0.3, 0.4) is 0 Å². The molecule has 0 aromatic carbocycles. The normalized spacial score (nSPS) is 42.7. The van der Waals surface area contributed by atoms with Crippen molar-refractivity contribution in [2.24, 2.45) is 11.8 Å². The Balaban J connectivity index is 2.05. The zero-order valence-corrected chi connectivity index (χ0v) is 13.1. The number of halogens is 4. The quantitative estimate of drug-likeness (QED) is 0.443. The van der Waals surface area contributed by atoms with Gasteiger partial charge in [-0.3, -0.25) is 14.4 Å². The number of nitrogens with zero attached hydrogens (tertiary/aromatic N) is 1. The van der Waals surface area contributed by atoms with Crippen molar-refractivity contribution in [1.82, 2.24) is 5.06 Å². The molecule has 1 aliphatic heterocycles. The fourth-order valence-electron chi connectivity index (χ4n) is 3.21. The molecule has 4 nitrogen and oxygen atoms in total. The van der Waals surface area contributed by atoms with Crippen molar-refractivity contribution in [3.8, 4) is 0 Å². The molecule has 2 amide bonds. The van der Waals surface area contributed by atoms with Crippen LogP contribution in [0.25, 0.3) is 0 Å². The molecule has 20 heavy (non-hydrogen) atoms. The smallest absolute Gasteiger partial charge is 0.259 e. The summed E-state index contributed by atoms with van der Waals surface area (Å²) in [5, 5.41) is 0.983. The molecule has 0 spiro atoms. The zero-order chi connectivity index (χ0) is 14.9. The summed E-state index contributed by atoms with van der Waals surface area (Å²) in [4.78, 5) is 27.4. The van der Waals surface area contributed by atoms with Crippen LogP contribution in [0.2, 0.25) is 0 Å². The number of carbonyl (C=O) groups is 2. The van der Waals surface area contributed by atoms with E-state index < -0.39 is 33.4 Å². The third-order valence-electron chi connectivity index (χ3n) is 4.01. The van der Waals surface area contributed by atoms with Crippen LogP contribution in [0, 0.1) is 11.8 Å². The summed E-state index contributed by atoms with van der Waals surface area (Å²) >= 11 is 25.1. The molecular formula is C12H9Cl4NO3. The van der Waals surface area contributed by atoms with E-state index in [9.17, 15) is 9.59 Å². The molecule has 8 heteroatoms. The van der Waals surface area contributed by atoms with E-state index in [4.69, 9.17) is 51.2 Å². The highest BCUT2D eigenvalue weighted by molar-refractivity contribution is 6.52. The molecule has 4 atom stereocenters. The highest BCUT2D eigenvalue weighted by atomic mass is 35.5. The van der Waals surface area contributed by atoms with Gasteiger partial charge in [0.05, 0.1) is 38.3 Å². The molecule has 1 saturated heterocycles. The number of allylic oxidation sites excluding steroid dienone is 2. The standard InChI is InChI=1S/C12H9Cl4NO3/c1-2-3-20-17-9(18)5-6(10(17)19)12(16)4-11(5,15)7(13)8(12)14/h2,5-6H,1,3-4H2/t5-,6+,11-,12-/m1/s1. The molecule has 2 bridgehead atoms. The van der Waals surface area contributed by atoms with E-state index in [-0.39, 0.29) is 23.1 Å². The van der Waals surface area contributed by atoms with E-state index in [1.165, 1.54) is 6.08 Å². The van der Waals surface area contributed by atoms with E-state index in [2.05, 4.69) is 6.58 Å². The van der Waals surface area contributed by atoms with E-state index in [0.29, 0.717) is 5.06 Å².